The number of hydrogen-bond acceptors (Lipinski definition) is 5. The highest BCUT2D eigenvalue weighted by Crippen LogP contribution is 2.35. The Morgan fingerprint density at radius 2 is 1.70 bits per heavy atom. The molecule has 3 aromatic carbocycles. The summed E-state index contributed by atoms with van der Waals surface area (Å²) in [6.45, 7) is 0.185. The second kappa shape index (κ2) is 7.44. The van der Waals surface area contributed by atoms with Gasteiger partial charge in [0.05, 0.1) is 11.1 Å². The van der Waals surface area contributed by atoms with Gasteiger partial charge in [0, 0.05) is 21.5 Å². The standard InChI is InChI=1S/C21H14N2O3S/c22-12-14-5-1-3-7-19(14)27-20-8-4-2-6-16(20)21(24)23-15-9-10-17-18(11-15)26-13-25-17/h1-11H,13H2,(H,23,24). The smallest absolute Gasteiger partial charge is 0.256 e. The zero-order chi connectivity index (χ0) is 18.6. The summed E-state index contributed by atoms with van der Waals surface area (Å²) in [4.78, 5) is 14.4. The van der Waals surface area contributed by atoms with E-state index in [9.17, 15) is 10.1 Å². The molecule has 0 radical (unpaired) electrons. The first-order valence-corrected chi connectivity index (χ1v) is 9.03. The summed E-state index contributed by atoms with van der Waals surface area (Å²) in [7, 11) is 0. The van der Waals surface area contributed by atoms with E-state index in [1.165, 1.54) is 11.8 Å². The molecule has 0 unspecified atom stereocenters. The van der Waals surface area contributed by atoms with Gasteiger partial charge in [0.1, 0.15) is 6.07 Å². The van der Waals surface area contributed by atoms with Crippen LogP contribution in [-0.2, 0) is 0 Å². The minimum atomic E-state index is -0.230. The largest absolute Gasteiger partial charge is 0.454 e. The number of anilines is 1. The van der Waals surface area contributed by atoms with Crippen molar-refractivity contribution < 1.29 is 14.3 Å². The van der Waals surface area contributed by atoms with E-state index >= 15 is 0 Å². The van der Waals surface area contributed by atoms with Crippen LogP contribution in [0.25, 0.3) is 0 Å². The molecule has 6 heteroatoms. The average molecular weight is 374 g/mol. The normalized spacial score (nSPS) is 11.7. The molecule has 0 atom stereocenters. The van der Waals surface area contributed by atoms with E-state index in [1.54, 1.807) is 30.3 Å². The molecule has 132 valence electrons. The Bertz CT molecular complexity index is 1060. The van der Waals surface area contributed by atoms with E-state index in [2.05, 4.69) is 11.4 Å². The maximum atomic E-state index is 12.8. The Balaban J connectivity index is 1.59. The van der Waals surface area contributed by atoms with Gasteiger partial charge in [-0.1, -0.05) is 36.0 Å². The number of hydrogen-bond donors (Lipinski definition) is 1. The van der Waals surface area contributed by atoms with Gasteiger partial charge in [-0.25, -0.2) is 0 Å². The Morgan fingerprint density at radius 1 is 0.963 bits per heavy atom. The lowest BCUT2D eigenvalue weighted by molar-refractivity contribution is 0.102. The van der Waals surface area contributed by atoms with Gasteiger partial charge in [-0.15, -0.1) is 0 Å². The number of nitriles is 1. The summed E-state index contributed by atoms with van der Waals surface area (Å²) in [5.74, 6) is 1.04. The molecule has 1 N–H and O–H groups in total. The van der Waals surface area contributed by atoms with Gasteiger partial charge in [-0.2, -0.15) is 5.26 Å². The van der Waals surface area contributed by atoms with Gasteiger partial charge in [0.2, 0.25) is 6.79 Å². The first-order chi connectivity index (χ1) is 13.2. The molecule has 0 saturated carbocycles. The number of nitrogens with zero attached hydrogens (tertiary/aromatic N) is 1. The van der Waals surface area contributed by atoms with Gasteiger partial charge in [0.25, 0.3) is 5.91 Å². The number of carbonyl (C=O) groups excluding carboxylic acids is 1. The van der Waals surface area contributed by atoms with Crippen LogP contribution < -0.4 is 14.8 Å². The molecular weight excluding hydrogens is 360 g/mol. The lowest BCUT2D eigenvalue weighted by Gasteiger charge is -2.11. The summed E-state index contributed by atoms with van der Waals surface area (Å²) < 4.78 is 10.6. The maximum absolute atomic E-state index is 12.8. The number of ether oxygens (including phenoxy) is 2. The number of amides is 1. The van der Waals surface area contributed by atoms with Crippen LogP contribution in [0, 0.1) is 11.3 Å². The van der Waals surface area contributed by atoms with Crippen molar-refractivity contribution in [1.82, 2.24) is 0 Å². The molecule has 4 rings (SSSR count). The minimum absolute atomic E-state index is 0.185. The van der Waals surface area contributed by atoms with Crippen LogP contribution in [0.15, 0.2) is 76.5 Å². The van der Waals surface area contributed by atoms with Gasteiger partial charge < -0.3 is 14.8 Å². The molecule has 0 fully saturated rings. The van der Waals surface area contributed by atoms with E-state index in [4.69, 9.17) is 9.47 Å². The molecule has 0 aliphatic carbocycles. The molecule has 0 saturated heterocycles. The number of benzene rings is 3. The number of fused-ring (bicyclic) bond motifs is 1. The summed E-state index contributed by atoms with van der Waals surface area (Å²) >= 11 is 1.40. The Hall–Kier alpha value is -3.43. The summed E-state index contributed by atoms with van der Waals surface area (Å²) in [5.41, 5.74) is 1.74. The minimum Gasteiger partial charge on any atom is -0.454 e. The Morgan fingerprint density at radius 3 is 2.56 bits per heavy atom. The summed E-state index contributed by atoms with van der Waals surface area (Å²) in [6.07, 6.45) is 0. The predicted molar refractivity (Wildman–Crippen MR) is 102 cm³/mol. The van der Waals surface area contributed by atoms with Crippen LogP contribution in [0.3, 0.4) is 0 Å². The van der Waals surface area contributed by atoms with Crippen molar-refractivity contribution in [2.75, 3.05) is 12.1 Å². The highest BCUT2D eigenvalue weighted by Gasteiger charge is 2.17. The molecule has 3 aromatic rings. The number of nitrogens with one attached hydrogen (secondary N) is 1. The fourth-order valence-electron chi connectivity index (χ4n) is 2.68. The van der Waals surface area contributed by atoms with Crippen molar-refractivity contribution in [3.05, 3.63) is 77.9 Å². The van der Waals surface area contributed by atoms with Crippen LogP contribution in [0.5, 0.6) is 11.5 Å². The molecule has 1 amide bonds. The van der Waals surface area contributed by atoms with Crippen molar-refractivity contribution in [2.24, 2.45) is 0 Å². The third kappa shape index (κ3) is 3.59. The molecule has 1 heterocycles. The Labute approximate surface area is 160 Å². The molecule has 0 bridgehead atoms. The monoisotopic (exact) mass is 374 g/mol. The molecule has 1 aliphatic rings. The first kappa shape index (κ1) is 17.0. The van der Waals surface area contributed by atoms with Crippen LogP contribution in [0.1, 0.15) is 15.9 Å². The zero-order valence-corrected chi connectivity index (χ0v) is 15.0. The third-order valence-electron chi connectivity index (χ3n) is 3.99. The first-order valence-electron chi connectivity index (χ1n) is 8.21. The quantitative estimate of drug-likeness (QED) is 0.717. The van der Waals surface area contributed by atoms with Crippen LogP contribution in [0.2, 0.25) is 0 Å². The Kier molecular flexibility index (Phi) is 4.69. The molecule has 0 spiro atoms. The number of carbonyl (C=O) groups is 1. The lowest BCUT2D eigenvalue weighted by atomic mass is 10.2. The molecular formula is C21H14N2O3S. The van der Waals surface area contributed by atoms with Crippen LogP contribution in [-0.4, -0.2) is 12.7 Å². The average Bonchev–Trinajstić information content (AvgIpc) is 3.16. The van der Waals surface area contributed by atoms with Crippen molar-refractivity contribution >= 4 is 23.4 Å². The van der Waals surface area contributed by atoms with Crippen LogP contribution >= 0.6 is 11.8 Å². The van der Waals surface area contributed by atoms with Crippen molar-refractivity contribution in [3.8, 4) is 17.6 Å². The van der Waals surface area contributed by atoms with E-state index in [1.807, 2.05) is 36.4 Å². The highest BCUT2D eigenvalue weighted by molar-refractivity contribution is 7.99. The van der Waals surface area contributed by atoms with E-state index < -0.39 is 0 Å². The molecule has 27 heavy (non-hydrogen) atoms. The van der Waals surface area contributed by atoms with E-state index in [0.717, 1.165) is 9.79 Å². The van der Waals surface area contributed by atoms with Gasteiger partial charge >= 0.3 is 0 Å². The molecule has 0 aromatic heterocycles. The lowest BCUT2D eigenvalue weighted by Crippen LogP contribution is -2.12. The fraction of sp³-hybridized carbons (Fsp3) is 0.0476. The predicted octanol–water partition coefficient (Wildman–Crippen LogP) is 4.69. The highest BCUT2D eigenvalue weighted by atomic mass is 32.2. The second-order valence-corrected chi connectivity index (χ2v) is 6.81. The molecule has 5 nitrogen and oxygen atoms in total. The van der Waals surface area contributed by atoms with Gasteiger partial charge in [0.15, 0.2) is 11.5 Å². The maximum Gasteiger partial charge on any atom is 0.256 e. The topological polar surface area (TPSA) is 71.4 Å². The van der Waals surface area contributed by atoms with Gasteiger partial charge in [-0.05, 0) is 36.4 Å². The van der Waals surface area contributed by atoms with Crippen LogP contribution in [0.4, 0.5) is 5.69 Å². The number of rotatable bonds is 4. The van der Waals surface area contributed by atoms with E-state index in [-0.39, 0.29) is 12.7 Å². The summed E-state index contributed by atoms with van der Waals surface area (Å²) in [5, 5.41) is 12.2. The third-order valence-corrected chi connectivity index (χ3v) is 5.14. The van der Waals surface area contributed by atoms with Crippen molar-refractivity contribution in [1.29, 1.82) is 5.26 Å². The van der Waals surface area contributed by atoms with Crippen molar-refractivity contribution in [3.63, 3.8) is 0 Å². The second-order valence-electron chi connectivity index (χ2n) is 5.73. The summed E-state index contributed by atoms with van der Waals surface area (Å²) in [6, 6.07) is 22.1. The van der Waals surface area contributed by atoms with Gasteiger partial charge in [-0.3, -0.25) is 4.79 Å². The van der Waals surface area contributed by atoms with E-state index in [0.29, 0.717) is 28.3 Å². The zero-order valence-electron chi connectivity index (χ0n) is 14.1. The van der Waals surface area contributed by atoms with Crippen molar-refractivity contribution in [2.45, 2.75) is 9.79 Å². The molecule has 1 aliphatic heterocycles. The SMILES string of the molecule is N#Cc1ccccc1Sc1ccccc1C(=O)Nc1ccc2c(c1)OCO2. The fourth-order valence-corrected chi connectivity index (χ4v) is 3.71.